The van der Waals surface area contributed by atoms with Crippen molar-refractivity contribution in [3.63, 3.8) is 0 Å². The Kier molecular flexibility index (Phi) is 4.57. The van der Waals surface area contributed by atoms with Crippen LogP contribution in [0.3, 0.4) is 0 Å². The van der Waals surface area contributed by atoms with Crippen LogP contribution in [0.15, 0.2) is 32.1 Å². The lowest BCUT2D eigenvalue weighted by Crippen LogP contribution is -2.14. The Bertz CT molecular complexity index is 830. The minimum absolute atomic E-state index is 0.0232. The maximum Gasteiger partial charge on any atom is 0.265 e. The van der Waals surface area contributed by atoms with Crippen LogP contribution in [0.5, 0.6) is 0 Å². The summed E-state index contributed by atoms with van der Waals surface area (Å²) in [5, 5.41) is 6.28. The Morgan fingerprint density at radius 3 is 2.50 bits per heavy atom. The number of nitrogens with one attached hydrogen (secondary N) is 2. The number of hydrogen-bond acceptors (Lipinski definition) is 5. The molecule has 0 spiro atoms. The summed E-state index contributed by atoms with van der Waals surface area (Å²) in [5.41, 5.74) is 1.72. The fourth-order valence-corrected chi connectivity index (χ4v) is 3.81. The smallest absolute Gasteiger partial charge is 0.265 e. The van der Waals surface area contributed by atoms with Gasteiger partial charge < -0.3 is 9.84 Å². The van der Waals surface area contributed by atoms with Crippen molar-refractivity contribution in [1.29, 1.82) is 0 Å². The van der Waals surface area contributed by atoms with Gasteiger partial charge in [0.2, 0.25) is 11.8 Å². The molecule has 0 fully saturated rings. The molecule has 0 aliphatic carbocycles. The third-order valence-electron chi connectivity index (χ3n) is 2.93. The van der Waals surface area contributed by atoms with Gasteiger partial charge in [-0.3, -0.25) is 4.79 Å². The van der Waals surface area contributed by atoms with Crippen molar-refractivity contribution in [1.82, 2.24) is 5.16 Å². The molecule has 0 aliphatic heterocycles. The van der Waals surface area contributed by atoms with Gasteiger partial charge in [-0.05, 0) is 48.0 Å². The topological polar surface area (TPSA) is 101 Å². The van der Waals surface area contributed by atoms with E-state index in [9.17, 15) is 13.2 Å². The maximum absolute atomic E-state index is 12.4. The molecule has 1 aromatic carbocycles. The van der Waals surface area contributed by atoms with E-state index in [0.717, 1.165) is 0 Å². The molecule has 9 heteroatoms. The first kappa shape index (κ1) is 16.5. The van der Waals surface area contributed by atoms with Crippen molar-refractivity contribution in [3.8, 4) is 0 Å². The van der Waals surface area contributed by atoms with Crippen LogP contribution in [0.2, 0.25) is 0 Å². The van der Waals surface area contributed by atoms with Crippen molar-refractivity contribution in [3.05, 3.63) is 33.9 Å². The molecule has 1 heterocycles. The number of benzene rings is 1. The van der Waals surface area contributed by atoms with Crippen molar-refractivity contribution >= 4 is 43.4 Å². The van der Waals surface area contributed by atoms with E-state index in [1.54, 1.807) is 13.8 Å². The van der Waals surface area contributed by atoms with Gasteiger partial charge in [-0.25, -0.2) is 13.1 Å². The molecule has 2 rings (SSSR count). The van der Waals surface area contributed by atoms with Gasteiger partial charge >= 0.3 is 0 Å². The Hall–Kier alpha value is -1.87. The molecule has 2 N–H and O–H groups in total. The molecule has 0 atom stereocenters. The number of halogens is 1. The maximum atomic E-state index is 12.4. The lowest BCUT2D eigenvalue weighted by atomic mass is 10.3. The number of rotatable bonds is 4. The second kappa shape index (κ2) is 6.09. The highest BCUT2D eigenvalue weighted by atomic mass is 79.9. The number of carbonyl (C=O) groups excluding carboxylic acids is 1. The summed E-state index contributed by atoms with van der Waals surface area (Å²) >= 11 is 3.19. The minimum Gasteiger partial charge on any atom is -0.337 e. The zero-order valence-electron chi connectivity index (χ0n) is 12.1. The standard InChI is InChI=1S/C13H14BrN3O4S/c1-7-8(2)16-21-13(7)17-22(19,20)12-5-4-10(6-11(12)14)15-9(3)18/h4-6,17H,1-3H3,(H,15,18). The molecule has 0 aliphatic rings. The average molecular weight is 388 g/mol. The first-order valence-corrected chi connectivity index (χ1v) is 8.51. The van der Waals surface area contributed by atoms with Gasteiger partial charge in [0.05, 0.1) is 5.69 Å². The van der Waals surface area contributed by atoms with Crippen molar-refractivity contribution in [2.75, 3.05) is 10.0 Å². The second-order valence-electron chi connectivity index (χ2n) is 4.65. The van der Waals surface area contributed by atoms with Crippen LogP contribution in [0, 0.1) is 13.8 Å². The van der Waals surface area contributed by atoms with E-state index in [-0.39, 0.29) is 16.7 Å². The molecule has 7 nitrogen and oxygen atoms in total. The SMILES string of the molecule is CC(=O)Nc1ccc(S(=O)(=O)Nc2onc(C)c2C)c(Br)c1. The predicted molar refractivity (Wildman–Crippen MR) is 85.2 cm³/mol. The van der Waals surface area contributed by atoms with Crippen molar-refractivity contribution in [2.24, 2.45) is 0 Å². The molecule has 2 aromatic rings. The number of carbonyl (C=O) groups is 1. The molecule has 118 valence electrons. The summed E-state index contributed by atoms with van der Waals surface area (Å²) in [6.45, 7) is 4.79. The molecule has 1 aromatic heterocycles. The van der Waals surface area contributed by atoms with Crippen LogP contribution in [0.4, 0.5) is 11.6 Å². The minimum atomic E-state index is -3.84. The molecule has 0 saturated carbocycles. The van der Waals surface area contributed by atoms with E-state index in [4.69, 9.17) is 4.52 Å². The Morgan fingerprint density at radius 1 is 1.32 bits per heavy atom. The molecule has 0 unspecified atom stereocenters. The van der Waals surface area contributed by atoms with Gasteiger partial charge in [0.1, 0.15) is 4.90 Å². The van der Waals surface area contributed by atoms with Gasteiger partial charge in [-0.15, -0.1) is 0 Å². The highest BCUT2D eigenvalue weighted by molar-refractivity contribution is 9.10. The van der Waals surface area contributed by atoms with Crippen molar-refractivity contribution < 1.29 is 17.7 Å². The summed E-state index contributed by atoms with van der Waals surface area (Å²) in [4.78, 5) is 11.0. The average Bonchev–Trinajstić information content (AvgIpc) is 2.69. The summed E-state index contributed by atoms with van der Waals surface area (Å²) in [5.74, 6) is -0.163. The summed E-state index contributed by atoms with van der Waals surface area (Å²) in [6.07, 6.45) is 0. The Balaban J connectivity index is 2.33. The number of hydrogen-bond donors (Lipinski definition) is 2. The number of anilines is 2. The van der Waals surface area contributed by atoms with E-state index in [1.165, 1.54) is 25.1 Å². The highest BCUT2D eigenvalue weighted by Crippen LogP contribution is 2.28. The molecule has 0 saturated heterocycles. The Labute approximate surface area is 136 Å². The van der Waals surface area contributed by atoms with Gasteiger partial charge in [-0.2, -0.15) is 0 Å². The molecule has 0 radical (unpaired) electrons. The van der Waals surface area contributed by atoms with Crippen LogP contribution >= 0.6 is 15.9 Å². The second-order valence-corrected chi connectivity index (χ2v) is 7.16. The molecule has 1 amide bonds. The first-order valence-electron chi connectivity index (χ1n) is 6.23. The molecule has 22 heavy (non-hydrogen) atoms. The zero-order chi connectivity index (χ0) is 16.5. The lowest BCUT2D eigenvalue weighted by Gasteiger charge is -2.09. The normalized spacial score (nSPS) is 11.3. The van der Waals surface area contributed by atoms with Crippen LogP contribution in [0.1, 0.15) is 18.2 Å². The predicted octanol–water partition coefficient (Wildman–Crippen LogP) is 2.81. The number of amides is 1. The van der Waals surface area contributed by atoms with Gasteiger partial charge in [0.25, 0.3) is 10.0 Å². The van der Waals surface area contributed by atoms with Crippen molar-refractivity contribution in [2.45, 2.75) is 25.7 Å². The van der Waals surface area contributed by atoms with Gasteiger partial charge in [0, 0.05) is 22.6 Å². The first-order chi connectivity index (χ1) is 10.2. The molecular weight excluding hydrogens is 374 g/mol. The third kappa shape index (κ3) is 3.47. The van der Waals surface area contributed by atoms with Gasteiger partial charge in [0.15, 0.2) is 0 Å². The van der Waals surface area contributed by atoms with E-state index in [0.29, 0.717) is 21.4 Å². The fraction of sp³-hybridized carbons (Fsp3) is 0.231. The highest BCUT2D eigenvalue weighted by Gasteiger charge is 2.21. The zero-order valence-corrected chi connectivity index (χ0v) is 14.5. The summed E-state index contributed by atoms with van der Waals surface area (Å²) in [6, 6.07) is 4.39. The number of sulfonamides is 1. The molecule has 0 bridgehead atoms. The monoisotopic (exact) mass is 387 g/mol. The van der Waals surface area contributed by atoms with Crippen LogP contribution in [0.25, 0.3) is 0 Å². The van der Waals surface area contributed by atoms with Crippen LogP contribution in [-0.2, 0) is 14.8 Å². The third-order valence-corrected chi connectivity index (χ3v) is 5.23. The molecular formula is C13H14BrN3O4S. The quantitative estimate of drug-likeness (QED) is 0.839. The summed E-state index contributed by atoms with van der Waals surface area (Å²) < 4.78 is 32.4. The summed E-state index contributed by atoms with van der Waals surface area (Å²) in [7, 11) is -3.84. The van der Waals surface area contributed by atoms with Crippen LogP contribution < -0.4 is 10.0 Å². The van der Waals surface area contributed by atoms with E-state index < -0.39 is 10.0 Å². The van der Waals surface area contributed by atoms with E-state index in [1.807, 2.05) is 0 Å². The Morgan fingerprint density at radius 2 is 2.00 bits per heavy atom. The van der Waals surface area contributed by atoms with Crippen LogP contribution in [-0.4, -0.2) is 19.5 Å². The lowest BCUT2D eigenvalue weighted by molar-refractivity contribution is -0.114. The van der Waals surface area contributed by atoms with E-state index in [2.05, 4.69) is 31.1 Å². The number of nitrogens with zero attached hydrogens (tertiary/aromatic N) is 1. The van der Waals surface area contributed by atoms with E-state index >= 15 is 0 Å². The number of aromatic nitrogens is 1. The fourth-order valence-electron chi connectivity index (χ4n) is 1.69. The largest absolute Gasteiger partial charge is 0.337 e. The van der Waals surface area contributed by atoms with Gasteiger partial charge in [-0.1, -0.05) is 5.16 Å². The number of aryl methyl sites for hydroxylation is 1.